The lowest BCUT2D eigenvalue weighted by molar-refractivity contribution is 0.0690. The summed E-state index contributed by atoms with van der Waals surface area (Å²) in [4.78, 5) is 85.1. The molecule has 1 unspecified atom stereocenters. The predicted octanol–water partition coefficient (Wildman–Crippen LogP) is 15.8. The van der Waals surface area contributed by atoms with Crippen LogP contribution in [-0.2, 0) is 13.2 Å². The molecule has 0 spiro atoms. The summed E-state index contributed by atoms with van der Waals surface area (Å²) >= 11 is 0. The fraction of sp³-hybridized carbons (Fsp3) is 0.250. The number of aromatic nitrogens is 3. The third-order valence-corrected chi connectivity index (χ3v) is 21.0. The molecule has 17 rings (SSSR count). The van der Waals surface area contributed by atoms with Gasteiger partial charge in [0.1, 0.15) is 68.6 Å². The number of nitrogens with zero attached hydrogens (tertiary/aromatic N) is 9. The van der Waals surface area contributed by atoms with E-state index in [-0.39, 0.29) is 95.2 Å². The number of benzene rings is 8. The predicted molar refractivity (Wildman–Crippen MR) is 454 cm³/mol. The first-order chi connectivity index (χ1) is 57.5. The van der Waals surface area contributed by atoms with Gasteiger partial charge in [-0.25, -0.2) is 0 Å². The van der Waals surface area contributed by atoms with Crippen molar-refractivity contribution in [3.8, 4) is 34.5 Å². The van der Waals surface area contributed by atoms with Crippen LogP contribution in [-0.4, -0.2) is 111 Å². The highest BCUT2D eigenvalue weighted by molar-refractivity contribution is 5.98. The van der Waals surface area contributed by atoms with E-state index >= 15 is 0 Å². The van der Waals surface area contributed by atoms with E-state index in [1.165, 1.54) is 31.0 Å². The van der Waals surface area contributed by atoms with Crippen molar-refractivity contribution in [2.45, 2.75) is 96.6 Å². The molecule has 8 aromatic carbocycles. The fourth-order valence-electron chi connectivity index (χ4n) is 15.0. The molecule has 21 nitrogen and oxygen atoms in total. The summed E-state index contributed by atoms with van der Waals surface area (Å²) in [6.45, 7) is 8.58. The lowest BCUT2D eigenvalue weighted by Gasteiger charge is -2.44. The summed E-state index contributed by atoms with van der Waals surface area (Å²) < 4.78 is 36.2. The average Bonchev–Trinajstić information content (AvgIpc) is 0.974. The molecule has 3 aromatic heterocycles. The van der Waals surface area contributed by atoms with Gasteiger partial charge >= 0.3 is 0 Å². The van der Waals surface area contributed by atoms with Crippen LogP contribution in [0.3, 0.4) is 0 Å². The third-order valence-electron chi connectivity index (χ3n) is 21.0. The first-order valence-electron chi connectivity index (χ1n) is 40.2. The molecule has 0 saturated heterocycles. The number of hydrogen-bond acceptors (Lipinski definition) is 15. The van der Waals surface area contributed by atoms with Crippen molar-refractivity contribution < 1.29 is 43.2 Å². The van der Waals surface area contributed by atoms with E-state index in [1.807, 2.05) is 217 Å². The van der Waals surface area contributed by atoms with Gasteiger partial charge in [0.15, 0.2) is 34.3 Å². The normalized spacial score (nSPS) is 17.9. The van der Waals surface area contributed by atoms with E-state index < -0.39 is 11.2 Å². The third kappa shape index (κ3) is 18.6. The molecular formula is C96H97N9O12. The molecule has 3 atom stereocenters. The van der Waals surface area contributed by atoms with Gasteiger partial charge < -0.3 is 43.5 Å². The number of carbonyl (C=O) groups excluding carboxylic acids is 3. The SMILES string of the molecule is CCCC.O=C1c2c(O)c(=O)ccn2N2CN1C/C=C\CCCOc1ccccc1C2c1ccccc1.O=C1c2c(OCc3ccccc3)c(=O)ccn2N2CN1C/C=C\CCCOc1ccccc1[C@@H]2c1ccccc1.O=C1c2c(OCc3ccccc3)c(=O)ccn2N2CN1C/C=C\CCCOc1ccccc1[C@H]2c1ccccc1. The van der Waals surface area contributed by atoms with Crippen molar-refractivity contribution >= 4 is 17.7 Å². The number of carbonyl (C=O) groups is 3. The summed E-state index contributed by atoms with van der Waals surface area (Å²) in [5.74, 6) is 1.06. The van der Waals surface area contributed by atoms with Crippen molar-refractivity contribution in [2.75, 3.05) is 74.5 Å². The Morgan fingerprint density at radius 1 is 0.342 bits per heavy atom. The molecule has 11 aromatic rings. The van der Waals surface area contributed by atoms with Crippen LogP contribution >= 0.6 is 0 Å². The van der Waals surface area contributed by atoms with Gasteiger partial charge in [0.2, 0.25) is 16.3 Å². The summed E-state index contributed by atoms with van der Waals surface area (Å²) in [6, 6.07) is 76.8. The van der Waals surface area contributed by atoms with E-state index in [2.05, 4.69) is 72.4 Å². The Hall–Kier alpha value is -13.6. The van der Waals surface area contributed by atoms with Gasteiger partial charge in [-0.05, 0) is 84.5 Å². The highest BCUT2D eigenvalue weighted by atomic mass is 16.5. The number of ether oxygens (including phenoxy) is 5. The van der Waals surface area contributed by atoms with Gasteiger partial charge in [0.25, 0.3) is 17.7 Å². The number of para-hydroxylation sites is 3. The summed E-state index contributed by atoms with van der Waals surface area (Å²) in [7, 11) is 0. The Labute approximate surface area is 681 Å². The highest BCUT2D eigenvalue weighted by Gasteiger charge is 2.42. The molecule has 0 aliphatic carbocycles. The second kappa shape index (κ2) is 39.0. The van der Waals surface area contributed by atoms with Crippen LogP contribution < -0.4 is 55.0 Å². The number of aromatic hydroxyl groups is 1. The molecule has 0 fully saturated rings. The second-order valence-corrected chi connectivity index (χ2v) is 28.9. The van der Waals surface area contributed by atoms with Crippen LogP contribution in [0.2, 0.25) is 0 Å². The number of unbranched alkanes of at least 4 members (excludes halogenated alkanes) is 1. The van der Waals surface area contributed by atoms with Crippen molar-refractivity contribution in [3.05, 3.63) is 390 Å². The van der Waals surface area contributed by atoms with E-state index in [0.29, 0.717) is 52.8 Å². The lowest BCUT2D eigenvalue weighted by Crippen LogP contribution is -2.55. The smallest absolute Gasteiger partial charge is 0.278 e. The van der Waals surface area contributed by atoms with Gasteiger partial charge in [0.05, 0.1) is 19.8 Å². The minimum Gasteiger partial charge on any atom is -0.502 e. The van der Waals surface area contributed by atoms with E-state index in [0.717, 1.165) is 100 Å². The Balaban J connectivity index is 0.000000142. The second-order valence-electron chi connectivity index (χ2n) is 28.9. The molecular weight excluding hydrogens is 1470 g/mol. The Morgan fingerprint density at radius 2 is 0.632 bits per heavy atom. The fourth-order valence-corrected chi connectivity index (χ4v) is 15.0. The van der Waals surface area contributed by atoms with Crippen LogP contribution in [0.25, 0.3) is 0 Å². The molecule has 117 heavy (non-hydrogen) atoms. The first kappa shape index (κ1) is 80.1. The topological polar surface area (TPSA) is 203 Å². The van der Waals surface area contributed by atoms with Crippen LogP contribution in [0, 0.1) is 0 Å². The molecule has 1 N–H and O–H groups in total. The Bertz CT molecular complexity index is 5250. The van der Waals surface area contributed by atoms with Crippen molar-refractivity contribution in [3.63, 3.8) is 0 Å². The number of fused-ring (bicyclic) bond motifs is 15. The molecule has 0 radical (unpaired) electrons. The summed E-state index contributed by atoms with van der Waals surface area (Å²) in [5, 5.41) is 16.8. The quantitative estimate of drug-likeness (QED) is 0.127. The van der Waals surface area contributed by atoms with Gasteiger partial charge in [-0.15, -0.1) is 0 Å². The zero-order valence-electron chi connectivity index (χ0n) is 65.9. The number of rotatable bonds is 10. The van der Waals surface area contributed by atoms with Crippen LogP contribution in [0.4, 0.5) is 0 Å². The number of allylic oxidation sites excluding steroid dienone is 3. The zero-order valence-corrected chi connectivity index (χ0v) is 65.9. The summed E-state index contributed by atoms with van der Waals surface area (Å²) in [5.41, 5.74) is 6.97. The molecule has 3 amide bonds. The monoisotopic (exact) mass is 1570 g/mol. The van der Waals surface area contributed by atoms with Crippen molar-refractivity contribution in [2.24, 2.45) is 0 Å². The van der Waals surface area contributed by atoms with Gasteiger partial charge in [-0.1, -0.05) is 269 Å². The number of hydrogen-bond donors (Lipinski definition) is 1. The van der Waals surface area contributed by atoms with E-state index in [1.54, 1.807) is 47.3 Å². The largest absolute Gasteiger partial charge is 0.502 e. The standard InChI is InChI=1S/2C33H31N3O4.C26H25N3O4.C4H10/c2*37-28-19-21-35-31(32(28)40-23-25-13-5-3-6-14-25)33(38)34-20-11-1-2-12-22-39-29-18-10-9-17-27(29)30(36(35)24-34)26-15-7-4-8-16-26;30-21-14-16-28-24(25(21)31)26(32)27-15-8-1-2-9-17-33-22-13-7-6-12-20(22)23(29(28)18-27)19-10-4-3-5-11-19;1-3-4-2/h2*1,3-11,13-19,21,30H,2,12,20,22-24H2;1,3-8,10-14,16,23,31H,2,9,15,17-18H2;3-4H2,1-2H3/b2*11-1-;8-1-;/t2*30-;;/m10../s1. The lowest BCUT2D eigenvalue weighted by atomic mass is 9.97. The molecule has 598 valence electrons. The molecule has 9 heterocycles. The summed E-state index contributed by atoms with van der Waals surface area (Å²) in [6.07, 6.45) is 24.8. The minimum atomic E-state index is -0.579. The first-order valence-corrected chi connectivity index (χ1v) is 40.2. The van der Waals surface area contributed by atoms with E-state index in [4.69, 9.17) is 23.7 Å². The highest BCUT2D eigenvalue weighted by Crippen LogP contribution is 2.41. The van der Waals surface area contributed by atoms with Crippen LogP contribution in [0.15, 0.2) is 312 Å². The van der Waals surface area contributed by atoms with Crippen molar-refractivity contribution in [1.29, 1.82) is 0 Å². The van der Waals surface area contributed by atoms with Gasteiger partial charge in [-0.3, -0.25) is 57.8 Å². The molecule has 0 saturated carbocycles. The van der Waals surface area contributed by atoms with E-state index in [9.17, 15) is 33.9 Å². The maximum atomic E-state index is 14.0. The van der Waals surface area contributed by atoms with Crippen LogP contribution in [0.1, 0.15) is 159 Å². The number of amides is 3. The van der Waals surface area contributed by atoms with Crippen molar-refractivity contribution in [1.82, 2.24) is 28.7 Å². The number of pyridine rings is 3. The molecule has 6 aliphatic heterocycles. The molecule has 6 aliphatic rings. The maximum absolute atomic E-state index is 14.0. The molecule has 21 heteroatoms. The molecule has 6 bridgehead atoms. The zero-order chi connectivity index (χ0) is 80.8. The minimum absolute atomic E-state index is 0.0312. The van der Waals surface area contributed by atoms with Crippen LogP contribution in [0.5, 0.6) is 34.5 Å². The van der Waals surface area contributed by atoms with Gasteiger partial charge in [0, 0.05) is 73.1 Å². The Kier molecular flexibility index (Phi) is 26.7. The van der Waals surface area contributed by atoms with Gasteiger partial charge in [-0.2, -0.15) is 0 Å². The maximum Gasteiger partial charge on any atom is 0.278 e. The average molecular weight is 1570 g/mol. The Morgan fingerprint density at radius 3 is 0.966 bits per heavy atom.